The minimum absolute atomic E-state index is 0.152. The lowest BCUT2D eigenvalue weighted by molar-refractivity contribution is 0.122. The van der Waals surface area contributed by atoms with Crippen LogP contribution in [0.1, 0.15) is 11.1 Å². The van der Waals surface area contributed by atoms with Gasteiger partial charge in [-0.15, -0.1) is 0 Å². The predicted octanol–water partition coefficient (Wildman–Crippen LogP) is 5.03. The van der Waals surface area contributed by atoms with Gasteiger partial charge >= 0.3 is 0 Å². The second-order valence-electron chi connectivity index (χ2n) is 10.3. The molecule has 2 saturated heterocycles. The van der Waals surface area contributed by atoms with E-state index >= 15 is 0 Å². The number of halogens is 1. The molecule has 0 spiro atoms. The molecule has 0 bridgehead atoms. The molecule has 2 aliphatic heterocycles. The molecule has 6 rings (SSSR count). The van der Waals surface area contributed by atoms with Gasteiger partial charge in [0.15, 0.2) is 0 Å². The lowest BCUT2D eigenvalue weighted by atomic mass is 10.2. The minimum atomic E-state index is -0.152. The fraction of sp³-hybridized carbons (Fsp3) is 0.400. The van der Waals surface area contributed by atoms with Gasteiger partial charge in [0.1, 0.15) is 18.2 Å². The van der Waals surface area contributed by atoms with E-state index in [0.29, 0.717) is 31.4 Å². The van der Waals surface area contributed by atoms with Crippen LogP contribution in [0.4, 0.5) is 15.8 Å². The number of ether oxygens (including phenoxy) is 2. The Hall–Kier alpha value is -3.09. The lowest BCUT2D eigenvalue weighted by Gasteiger charge is -2.29. The highest BCUT2D eigenvalue weighted by Gasteiger charge is 2.54. The molecule has 3 aromatic rings. The SMILES string of the molecule is Fc1cc(NCC2C3CN(Cc4ccc(OCc5ccccc5)cc4)CC23)ccc1N1CCOCC1. The Morgan fingerprint density at radius 2 is 1.64 bits per heavy atom. The van der Waals surface area contributed by atoms with Gasteiger partial charge in [-0.05, 0) is 59.2 Å². The van der Waals surface area contributed by atoms with Gasteiger partial charge in [-0.3, -0.25) is 4.90 Å². The van der Waals surface area contributed by atoms with Crippen molar-refractivity contribution in [3.05, 3.63) is 89.7 Å². The van der Waals surface area contributed by atoms with Gasteiger partial charge in [0.25, 0.3) is 0 Å². The second kappa shape index (κ2) is 10.5. The number of anilines is 2. The monoisotopic (exact) mass is 487 g/mol. The molecule has 6 heteroatoms. The third kappa shape index (κ3) is 5.35. The van der Waals surface area contributed by atoms with Crippen molar-refractivity contribution >= 4 is 11.4 Å². The number of piperidine rings is 1. The Bertz CT molecular complexity index is 1140. The molecular formula is C30H34FN3O2. The van der Waals surface area contributed by atoms with Crippen LogP contribution in [-0.4, -0.2) is 50.8 Å². The molecule has 2 atom stereocenters. The maximum absolute atomic E-state index is 14.7. The van der Waals surface area contributed by atoms with Crippen LogP contribution >= 0.6 is 0 Å². The summed E-state index contributed by atoms with van der Waals surface area (Å²) in [5.41, 5.74) is 4.06. The standard InChI is InChI=1S/C30H34FN3O2/c31-29-16-24(8-11-30(29)34-12-14-35-15-13-34)32-17-26-27-19-33(20-28(26)27)18-22-6-9-25(10-7-22)36-21-23-4-2-1-3-5-23/h1-11,16,26-28,32H,12-15,17-21H2. The molecule has 3 aliphatic rings. The lowest BCUT2D eigenvalue weighted by Crippen LogP contribution is -2.36. The fourth-order valence-electron chi connectivity index (χ4n) is 5.77. The molecule has 0 aromatic heterocycles. The summed E-state index contributed by atoms with van der Waals surface area (Å²) in [5, 5.41) is 3.49. The van der Waals surface area contributed by atoms with E-state index in [1.165, 1.54) is 11.1 Å². The van der Waals surface area contributed by atoms with Crippen molar-refractivity contribution in [3.8, 4) is 5.75 Å². The van der Waals surface area contributed by atoms with Crippen molar-refractivity contribution in [3.63, 3.8) is 0 Å². The van der Waals surface area contributed by atoms with E-state index in [9.17, 15) is 4.39 Å². The molecule has 0 radical (unpaired) electrons. The maximum atomic E-state index is 14.7. The third-order valence-corrected chi connectivity index (χ3v) is 7.87. The maximum Gasteiger partial charge on any atom is 0.148 e. The van der Waals surface area contributed by atoms with Crippen molar-refractivity contribution in [2.75, 3.05) is 56.2 Å². The quantitative estimate of drug-likeness (QED) is 0.458. The Morgan fingerprint density at radius 1 is 0.889 bits per heavy atom. The number of likely N-dealkylation sites (tertiary alicyclic amines) is 1. The Kier molecular flexibility index (Phi) is 6.79. The third-order valence-electron chi connectivity index (χ3n) is 7.87. The first kappa shape index (κ1) is 23.3. The van der Waals surface area contributed by atoms with E-state index in [4.69, 9.17) is 9.47 Å². The van der Waals surface area contributed by atoms with Crippen molar-refractivity contribution < 1.29 is 13.9 Å². The molecule has 2 unspecified atom stereocenters. The van der Waals surface area contributed by atoms with Gasteiger partial charge < -0.3 is 19.7 Å². The zero-order valence-corrected chi connectivity index (χ0v) is 20.6. The topological polar surface area (TPSA) is 37.0 Å². The highest BCUT2D eigenvalue weighted by molar-refractivity contribution is 5.56. The van der Waals surface area contributed by atoms with Gasteiger partial charge in [-0.25, -0.2) is 4.39 Å². The number of hydrogen-bond acceptors (Lipinski definition) is 5. The number of fused-ring (bicyclic) bond motifs is 1. The molecule has 2 heterocycles. The summed E-state index contributed by atoms with van der Waals surface area (Å²) in [6.07, 6.45) is 0. The second-order valence-corrected chi connectivity index (χ2v) is 10.3. The molecule has 36 heavy (non-hydrogen) atoms. The van der Waals surface area contributed by atoms with Crippen molar-refractivity contribution in [2.24, 2.45) is 17.8 Å². The summed E-state index contributed by atoms with van der Waals surface area (Å²) in [5.74, 6) is 2.96. The van der Waals surface area contributed by atoms with Gasteiger partial charge in [0.2, 0.25) is 0 Å². The number of benzene rings is 3. The Labute approximate surface area is 212 Å². The Balaban J connectivity index is 0.932. The largest absolute Gasteiger partial charge is 0.489 e. The van der Waals surface area contributed by atoms with Crippen molar-refractivity contribution in [2.45, 2.75) is 13.2 Å². The molecule has 1 aliphatic carbocycles. The first-order chi connectivity index (χ1) is 17.7. The highest BCUT2D eigenvalue weighted by Crippen LogP contribution is 2.51. The molecule has 3 fully saturated rings. The number of hydrogen-bond donors (Lipinski definition) is 1. The normalized spacial score (nSPS) is 23.4. The molecule has 5 nitrogen and oxygen atoms in total. The first-order valence-electron chi connectivity index (χ1n) is 13.1. The van der Waals surface area contributed by atoms with Crippen molar-refractivity contribution in [1.29, 1.82) is 0 Å². The number of nitrogens with zero attached hydrogens (tertiary/aromatic N) is 2. The molecule has 1 saturated carbocycles. The van der Waals surface area contributed by atoms with E-state index in [1.807, 2.05) is 30.3 Å². The highest BCUT2D eigenvalue weighted by atomic mass is 19.1. The Morgan fingerprint density at radius 3 is 2.36 bits per heavy atom. The summed E-state index contributed by atoms with van der Waals surface area (Å²) in [6, 6.07) is 24.3. The fourth-order valence-corrected chi connectivity index (χ4v) is 5.77. The first-order valence-corrected chi connectivity index (χ1v) is 13.1. The summed E-state index contributed by atoms with van der Waals surface area (Å²) < 4.78 is 26.0. The number of nitrogens with one attached hydrogen (secondary N) is 1. The van der Waals surface area contributed by atoms with Crippen LogP contribution in [0.25, 0.3) is 0 Å². The molecular weight excluding hydrogens is 453 g/mol. The molecule has 188 valence electrons. The zero-order chi connectivity index (χ0) is 24.3. The number of morpholine rings is 1. The number of rotatable bonds is 9. The van der Waals surface area contributed by atoms with Gasteiger partial charge in [-0.2, -0.15) is 0 Å². The summed E-state index contributed by atoms with van der Waals surface area (Å²) >= 11 is 0. The van der Waals surface area contributed by atoms with Gasteiger partial charge in [-0.1, -0.05) is 42.5 Å². The van der Waals surface area contributed by atoms with Crippen LogP contribution in [0.2, 0.25) is 0 Å². The summed E-state index contributed by atoms with van der Waals surface area (Å²) in [6.45, 7) is 7.62. The smallest absolute Gasteiger partial charge is 0.148 e. The van der Waals surface area contributed by atoms with E-state index in [0.717, 1.165) is 62.5 Å². The van der Waals surface area contributed by atoms with Crippen LogP contribution < -0.4 is 15.0 Å². The van der Waals surface area contributed by atoms with Crippen LogP contribution in [0, 0.1) is 23.6 Å². The molecule has 1 N–H and O–H groups in total. The van der Waals surface area contributed by atoms with Crippen LogP contribution in [0.15, 0.2) is 72.8 Å². The van der Waals surface area contributed by atoms with E-state index in [1.54, 1.807) is 6.07 Å². The van der Waals surface area contributed by atoms with E-state index < -0.39 is 0 Å². The average molecular weight is 488 g/mol. The van der Waals surface area contributed by atoms with Crippen LogP contribution in [0.3, 0.4) is 0 Å². The van der Waals surface area contributed by atoms with Crippen molar-refractivity contribution in [1.82, 2.24) is 4.90 Å². The zero-order valence-electron chi connectivity index (χ0n) is 20.6. The van der Waals surface area contributed by atoms with E-state index in [2.05, 4.69) is 51.5 Å². The molecule has 0 amide bonds. The van der Waals surface area contributed by atoms with Gasteiger partial charge in [0.05, 0.1) is 18.9 Å². The van der Waals surface area contributed by atoms with Crippen LogP contribution in [0.5, 0.6) is 5.75 Å². The molecule has 3 aromatic carbocycles. The average Bonchev–Trinajstić information content (AvgIpc) is 3.38. The summed E-state index contributed by atoms with van der Waals surface area (Å²) in [4.78, 5) is 4.62. The van der Waals surface area contributed by atoms with E-state index in [-0.39, 0.29) is 5.82 Å². The van der Waals surface area contributed by atoms with Gasteiger partial charge in [0, 0.05) is 45.0 Å². The van der Waals surface area contributed by atoms with Crippen LogP contribution in [-0.2, 0) is 17.9 Å². The predicted molar refractivity (Wildman–Crippen MR) is 141 cm³/mol. The summed E-state index contributed by atoms with van der Waals surface area (Å²) in [7, 11) is 0. The minimum Gasteiger partial charge on any atom is -0.489 e.